The zero-order chi connectivity index (χ0) is 24.5. The van der Waals surface area contributed by atoms with Crippen LogP contribution in [0.25, 0.3) is 5.69 Å². The third kappa shape index (κ3) is 6.49. The highest BCUT2D eigenvalue weighted by Crippen LogP contribution is 2.25. The van der Waals surface area contributed by atoms with Gasteiger partial charge < -0.3 is 10.1 Å². The van der Waals surface area contributed by atoms with E-state index in [2.05, 4.69) is 33.7 Å². The number of benzene rings is 3. The fourth-order valence-electron chi connectivity index (χ4n) is 3.53. The number of nitrogens with one attached hydrogen (secondary N) is 1. The van der Waals surface area contributed by atoms with Crippen LogP contribution >= 0.6 is 11.8 Å². The first-order valence-corrected chi connectivity index (χ1v) is 12.2. The van der Waals surface area contributed by atoms with E-state index in [0.717, 1.165) is 28.4 Å². The Balaban J connectivity index is 1.51. The summed E-state index contributed by atoms with van der Waals surface area (Å²) in [6, 6.07) is 27.3. The molecule has 35 heavy (non-hydrogen) atoms. The highest BCUT2D eigenvalue weighted by atomic mass is 32.2. The first-order chi connectivity index (χ1) is 17.2. The predicted molar refractivity (Wildman–Crippen MR) is 137 cm³/mol. The third-order valence-electron chi connectivity index (χ3n) is 5.16. The summed E-state index contributed by atoms with van der Waals surface area (Å²) in [7, 11) is 0. The summed E-state index contributed by atoms with van der Waals surface area (Å²) in [5.74, 6) is 1.62. The van der Waals surface area contributed by atoms with E-state index >= 15 is 0 Å². The van der Waals surface area contributed by atoms with Crippen molar-refractivity contribution >= 4 is 23.4 Å². The van der Waals surface area contributed by atoms with Crippen molar-refractivity contribution in [2.24, 2.45) is 0 Å². The molecule has 0 fully saturated rings. The SMILES string of the molecule is CCOc1ccc(-n2c(Cc3ccccc3)nnc2SCC(=O)Nc2ccc(CC#N)cc2)cc1. The van der Waals surface area contributed by atoms with Gasteiger partial charge in [-0.2, -0.15) is 5.26 Å². The van der Waals surface area contributed by atoms with E-state index in [1.54, 1.807) is 12.1 Å². The summed E-state index contributed by atoms with van der Waals surface area (Å²) in [4.78, 5) is 12.6. The van der Waals surface area contributed by atoms with Gasteiger partial charge in [0.1, 0.15) is 11.6 Å². The smallest absolute Gasteiger partial charge is 0.234 e. The highest BCUT2D eigenvalue weighted by molar-refractivity contribution is 7.99. The van der Waals surface area contributed by atoms with Crippen LogP contribution in [-0.4, -0.2) is 33.0 Å². The number of carbonyl (C=O) groups is 1. The summed E-state index contributed by atoms with van der Waals surface area (Å²) < 4.78 is 7.56. The summed E-state index contributed by atoms with van der Waals surface area (Å²) >= 11 is 1.33. The van der Waals surface area contributed by atoms with Gasteiger partial charge in [-0.1, -0.05) is 54.2 Å². The summed E-state index contributed by atoms with van der Waals surface area (Å²) in [6.07, 6.45) is 0.958. The average molecular weight is 484 g/mol. The van der Waals surface area contributed by atoms with Gasteiger partial charge in [-0.05, 0) is 54.4 Å². The lowest BCUT2D eigenvalue weighted by atomic mass is 10.1. The van der Waals surface area contributed by atoms with Crippen LogP contribution in [-0.2, 0) is 17.6 Å². The van der Waals surface area contributed by atoms with E-state index in [1.165, 1.54) is 11.8 Å². The number of hydrogen-bond donors (Lipinski definition) is 1. The fourth-order valence-corrected chi connectivity index (χ4v) is 4.30. The van der Waals surface area contributed by atoms with Gasteiger partial charge in [0, 0.05) is 17.8 Å². The monoisotopic (exact) mass is 483 g/mol. The normalized spacial score (nSPS) is 10.5. The van der Waals surface area contributed by atoms with Crippen molar-refractivity contribution in [3.8, 4) is 17.5 Å². The molecule has 1 N–H and O–H groups in total. The maximum atomic E-state index is 12.6. The largest absolute Gasteiger partial charge is 0.494 e. The lowest BCUT2D eigenvalue weighted by Gasteiger charge is -2.12. The van der Waals surface area contributed by atoms with Crippen molar-refractivity contribution < 1.29 is 9.53 Å². The molecule has 0 bridgehead atoms. The maximum Gasteiger partial charge on any atom is 0.234 e. The second-order valence-electron chi connectivity index (χ2n) is 7.69. The van der Waals surface area contributed by atoms with E-state index in [9.17, 15) is 4.79 Å². The Bertz CT molecular complexity index is 1300. The predicted octanol–water partition coefficient (Wildman–Crippen LogP) is 5.05. The van der Waals surface area contributed by atoms with Gasteiger partial charge in [-0.25, -0.2) is 0 Å². The molecule has 8 heteroatoms. The number of anilines is 1. The Kier molecular flexibility index (Phi) is 8.15. The van der Waals surface area contributed by atoms with Crippen molar-refractivity contribution in [2.75, 3.05) is 17.7 Å². The minimum Gasteiger partial charge on any atom is -0.494 e. The fraction of sp³-hybridized carbons (Fsp3) is 0.185. The number of hydrogen-bond acceptors (Lipinski definition) is 6. The molecule has 0 spiro atoms. The van der Waals surface area contributed by atoms with Gasteiger partial charge in [0.25, 0.3) is 0 Å². The van der Waals surface area contributed by atoms with Crippen LogP contribution in [0, 0.1) is 11.3 Å². The van der Waals surface area contributed by atoms with Crippen molar-refractivity contribution in [1.29, 1.82) is 5.26 Å². The summed E-state index contributed by atoms with van der Waals surface area (Å²) in [5, 5.41) is 21.2. The summed E-state index contributed by atoms with van der Waals surface area (Å²) in [6.45, 7) is 2.55. The Hall–Kier alpha value is -4.09. The molecule has 0 aliphatic carbocycles. The molecule has 4 rings (SSSR count). The molecule has 0 aliphatic rings. The molecule has 7 nitrogen and oxygen atoms in total. The highest BCUT2D eigenvalue weighted by Gasteiger charge is 2.17. The van der Waals surface area contributed by atoms with Gasteiger partial charge in [0.15, 0.2) is 5.16 Å². The minimum atomic E-state index is -0.145. The maximum absolute atomic E-state index is 12.6. The van der Waals surface area contributed by atoms with Crippen LogP contribution in [0.15, 0.2) is 84.0 Å². The Morgan fingerprint density at radius 1 is 1.00 bits per heavy atom. The Morgan fingerprint density at radius 2 is 1.74 bits per heavy atom. The number of carbonyl (C=O) groups excluding carboxylic acids is 1. The third-order valence-corrected chi connectivity index (χ3v) is 6.09. The average Bonchev–Trinajstić information content (AvgIpc) is 3.27. The molecule has 0 radical (unpaired) electrons. The summed E-state index contributed by atoms with van der Waals surface area (Å²) in [5.41, 5.74) is 3.63. The molecule has 1 aromatic heterocycles. The van der Waals surface area contributed by atoms with Gasteiger partial charge >= 0.3 is 0 Å². The topological polar surface area (TPSA) is 92.8 Å². The Morgan fingerprint density at radius 3 is 2.43 bits per heavy atom. The van der Waals surface area contributed by atoms with Crippen molar-refractivity contribution in [2.45, 2.75) is 24.9 Å². The van der Waals surface area contributed by atoms with Crippen molar-refractivity contribution in [3.05, 3.63) is 95.8 Å². The van der Waals surface area contributed by atoms with Gasteiger partial charge in [0.2, 0.25) is 5.91 Å². The number of thioether (sulfide) groups is 1. The van der Waals surface area contributed by atoms with Crippen molar-refractivity contribution in [3.63, 3.8) is 0 Å². The number of rotatable bonds is 10. The number of aromatic nitrogens is 3. The first-order valence-electron chi connectivity index (χ1n) is 11.3. The molecule has 0 aliphatic heterocycles. The zero-order valence-electron chi connectivity index (χ0n) is 19.3. The van der Waals surface area contributed by atoms with E-state index in [1.807, 2.05) is 66.1 Å². The van der Waals surface area contributed by atoms with Crippen LogP contribution in [0.4, 0.5) is 5.69 Å². The number of amides is 1. The number of ether oxygens (including phenoxy) is 1. The molecule has 0 atom stereocenters. The van der Waals surface area contributed by atoms with Gasteiger partial charge in [-0.3, -0.25) is 9.36 Å². The lowest BCUT2D eigenvalue weighted by Crippen LogP contribution is -2.14. The van der Waals surface area contributed by atoms with E-state index in [-0.39, 0.29) is 11.7 Å². The standard InChI is InChI=1S/C27H25N5O2S/c1-2-34-24-14-12-23(13-15-24)32-25(18-21-6-4-3-5-7-21)30-31-27(32)35-19-26(33)29-22-10-8-20(9-11-22)16-17-28/h3-15H,2,16,18-19H2,1H3,(H,29,33). The van der Waals surface area contributed by atoms with Crippen molar-refractivity contribution in [1.82, 2.24) is 14.8 Å². The Labute approximate surface area is 208 Å². The molecular formula is C27H25N5O2S. The number of nitrogens with zero attached hydrogens (tertiary/aromatic N) is 4. The minimum absolute atomic E-state index is 0.145. The molecule has 1 heterocycles. The second kappa shape index (κ2) is 11.9. The lowest BCUT2D eigenvalue weighted by molar-refractivity contribution is -0.113. The molecular weight excluding hydrogens is 458 g/mol. The van der Waals surface area contributed by atoms with Crippen LogP contribution < -0.4 is 10.1 Å². The van der Waals surface area contributed by atoms with E-state index in [4.69, 9.17) is 10.00 Å². The molecule has 0 unspecified atom stereocenters. The molecule has 0 saturated heterocycles. The quantitative estimate of drug-likeness (QED) is 0.317. The molecule has 1 amide bonds. The molecule has 3 aromatic carbocycles. The molecule has 176 valence electrons. The van der Waals surface area contributed by atoms with Crippen LogP contribution in [0.1, 0.15) is 23.9 Å². The van der Waals surface area contributed by atoms with E-state index in [0.29, 0.717) is 30.3 Å². The zero-order valence-corrected chi connectivity index (χ0v) is 20.2. The molecule has 4 aromatic rings. The van der Waals surface area contributed by atoms with Crippen LogP contribution in [0.2, 0.25) is 0 Å². The van der Waals surface area contributed by atoms with Crippen LogP contribution in [0.3, 0.4) is 0 Å². The first kappa shape index (κ1) is 24.0. The van der Waals surface area contributed by atoms with Gasteiger partial charge in [0.05, 0.1) is 24.8 Å². The second-order valence-corrected chi connectivity index (χ2v) is 8.63. The van der Waals surface area contributed by atoms with Crippen LogP contribution in [0.5, 0.6) is 5.75 Å². The number of nitriles is 1. The van der Waals surface area contributed by atoms with Gasteiger partial charge in [-0.15, -0.1) is 10.2 Å². The van der Waals surface area contributed by atoms with E-state index < -0.39 is 0 Å². The molecule has 0 saturated carbocycles.